The van der Waals surface area contributed by atoms with Crippen LogP contribution in [0.2, 0.25) is 0 Å². The summed E-state index contributed by atoms with van der Waals surface area (Å²) in [6.07, 6.45) is 2.84. The van der Waals surface area contributed by atoms with Gasteiger partial charge in [0.15, 0.2) is 18.1 Å². The molecule has 154 valence electrons. The van der Waals surface area contributed by atoms with Gasteiger partial charge in [-0.2, -0.15) is 0 Å². The van der Waals surface area contributed by atoms with E-state index < -0.39 is 18.5 Å². The van der Waals surface area contributed by atoms with Gasteiger partial charge in [0.25, 0.3) is 5.91 Å². The SMILES string of the molecule is CCOc1ccc(NC(=O)COC(=O)/C=C/c2cccc(OC)c2)cc1OCC. The lowest BCUT2D eigenvalue weighted by Gasteiger charge is -2.13. The van der Waals surface area contributed by atoms with Crippen LogP contribution in [0.15, 0.2) is 48.5 Å². The van der Waals surface area contributed by atoms with E-state index in [-0.39, 0.29) is 0 Å². The highest BCUT2D eigenvalue weighted by atomic mass is 16.5. The predicted octanol–water partition coefficient (Wildman–Crippen LogP) is 3.69. The summed E-state index contributed by atoms with van der Waals surface area (Å²) in [6.45, 7) is 4.31. The summed E-state index contributed by atoms with van der Waals surface area (Å²) in [5.74, 6) is 0.734. The van der Waals surface area contributed by atoms with Crippen molar-refractivity contribution in [3.63, 3.8) is 0 Å². The van der Waals surface area contributed by atoms with Crippen molar-refractivity contribution in [3.8, 4) is 17.2 Å². The molecule has 0 heterocycles. The van der Waals surface area contributed by atoms with Crippen LogP contribution in [0.3, 0.4) is 0 Å². The molecule has 0 aliphatic rings. The molecule has 0 saturated carbocycles. The number of hydrogen-bond donors (Lipinski definition) is 1. The van der Waals surface area contributed by atoms with Crippen molar-refractivity contribution < 1.29 is 28.5 Å². The highest BCUT2D eigenvalue weighted by Crippen LogP contribution is 2.30. The topological polar surface area (TPSA) is 83.1 Å². The number of ether oxygens (including phenoxy) is 4. The molecule has 2 rings (SSSR count). The Labute approximate surface area is 170 Å². The fraction of sp³-hybridized carbons (Fsp3) is 0.273. The van der Waals surface area contributed by atoms with E-state index in [9.17, 15) is 9.59 Å². The van der Waals surface area contributed by atoms with Crippen molar-refractivity contribution in [3.05, 3.63) is 54.1 Å². The molecule has 1 N–H and O–H groups in total. The number of amides is 1. The van der Waals surface area contributed by atoms with E-state index in [4.69, 9.17) is 18.9 Å². The smallest absolute Gasteiger partial charge is 0.331 e. The highest BCUT2D eigenvalue weighted by molar-refractivity contribution is 5.94. The maximum atomic E-state index is 12.1. The molecular formula is C22H25NO6. The lowest BCUT2D eigenvalue weighted by atomic mass is 10.2. The molecule has 0 bridgehead atoms. The molecule has 0 fully saturated rings. The molecule has 2 aromatic carbocycles. The quantitative estimate of drug-likeness (QED) is 0.485. The Morgan fingerprint density at radius 2 is 1.76 bits per heavy atom. The molecule has 7 heteroatoms. The first kappa shape index (κ1) is 21.8. The summed E-state index contributed by atoms with van der Waals surface area (Å²) < 4.78 is 21.1. The number of esters is 1. The van der Waals surface area contributed by atoms with Crippen LogP contribution in [0.5, 0.6) is 17.2 Å². The Morgan fingerprint density at radius 3 is 2.48 bits per heavy atom. The Balaban J connectivity index is 1.88. The van der Waals surface area contributed by atoms with Crippen molar-refractivity contribution >= 4 is 23.6 Å². The second-order valence-corrected chi connectivity index (χ2v) is 5.79. The van der Waals surface area contributed by atoms with Gasteiger partial charge in [0.1, 0.15) is 5.75 Å². The van der Waals surface area contributed by atoms with E-state index in [1.165, 1.54) is 6.08 Å². The summed E-state index contributed by atoms with van der Waals surface area (Å²) in [5, 5.41) is 2.66. The molecule has 0 saturated heterocycles. The van der Waals surface area contributed by atoms with Crippen LogP contribution in [0, 0.1) is 0 Å². The highest BCUT2D eigenvalue weighted by Gasteiger charge is 2.10. The Bertz CT molecular complexity index is 862. The number of hydrogen-bond acceptors (Lipinski definition) is 6. The monoisotopic (exact) mass is 399 g/mol. The molecule has 0 aromatic heterocycles. The van der Waals surface area contributed by atoms with Crippen molar-refractivity contribution in [2.24, 2.45) is 0 Å². The van der Waals surface area contributed by atoms with E-state index in [0.29, 0.717) is 36.1 Å². The Morgan fingerprint density at radius 1 is 1.00 bits per heavy atom. The number of benzene rings is 2. The third kappa shape index (κ3) is 7.21. The van der Waals surface area contributed by atoms with Crippen LogP contribution in [-0.4, -0.2) is 38.8 Å². The normalized spacial score (nSPS) is 10.4. The van der Waals surface area contributed by atoms with Gasteiger partial charge in [-0.1, -0.05) is 12.1 Å². The lowest BCUT2D eigenvalue weighted by molar-refractivity contribution is -0.142. The van der Waals surface area contributed by atoms with E-state index in [1.54, 1.807) is 43.5 Å². The van der Waals surface area contributed by atoms with Crippen LogP contribution < -0.4 is 19.5 Å². The summed E-state index contributed by atoms with van der Waals surface area (Å²) in [5.41, 5.74) is 1.30. The molecule has 0 aliphatic heterocycles. The molecule has 0 unspecified atom stereocenters. The number of methoxy groups -OCH3 is 1. The molecule has 1 amide bonds. The van der Waals surface area contributed by atoms with Crippen molar-refractivity contribution in [2.45, 2.75) is 13.8 Å². The van der Waals surface area contributed by atoms with Gasteiger partial charge in [0.05, 0.1) is 20.3 Å². The summed E-state index contributed by atoms with van der Waals surface area (Å²) in [7, 11) is 1.57. The molecule has 2 aromatic rings. The third-order valence-electron chi connectivity index (χ3n) is 3.68. The summed E-state index contributed by atoms with van der Waals surface area (Å²) >= 11 is 0. The first-order chi connectivity index (χ1) is 14.0. The molecule has 0 aliphatic carbocycles. The standard InChI is InChI=1S/C22H25NO6/c1-4-27-19-11-10-17(14-20(19)28-5-2)23-21(24)15-29-22(25)12-9-16-7-6-8-18(13-16)26-3/h6-14H,4-5,15H2,1-3H3,(H,23,24)/b12-9+. The van der Waals surface area contributed by atoms with Gasteiger partial charge >= 0.3 is 5.97 Å². The van der Waals surface area contributed by atoms with Gasteiger partial charge < -0.3 is 24.3 Å². The van der Waals surface area contributed by atoms with Gasteiger partial charge in [0, 0.05) is 17.8 Å². The maximum absolute atomic E-state index is 12.1. The summed E-state index contributed by atoms with van der Waals surface area (Å²) in [6, 6.07) is 12.3. The minimum Gasteiger partial charge on any atom is -0.497 e. The average Bonchev–Trinajstić information content (AvgIpc) is 2.73. The van der Waals surface area contributed by atoms with Gasteiger partial charge in [-0.3, -0.25) is 4.79 Å². The Hall–Kier alpha value is -3.48. The number of nitrogens with one attached hydrogen (secondary N) is 1. The second-order valence-electron chi connectivity index (χ2n) is 5.79. The minimum absolute atomic E-state index is 0.404. The molecule has 29 heavy (non-hydrogen) atoms. The minimum atomic E-state index is -0.621. The van der Waals surface area contributed by atoms with Gasteiger partial charge in [-0.25, -0.2) is 4.79 Å². The molecule has 7 nitrogen and oxygen atoms in total. The van der Waals surface area contributed by atoms with Crippen LogP contribution in [0.25, 0.3) is 6.08 Å². The third-order valence-corrected chi connectivity index (χ3v) is 3.68. The van der Waals surface area contributed by atoms with E-state index in [2.05, 4.69) is 5.32 Å². The van der Waals surface area contributed by atoms with E-state index >= 15 is 0 Å². The average molecular weight is 399 g/mol. The predicted molar refractivity (Wildman–Crippen MR) is 110 cm³/mol. The van der Waals surface area contributed by atoms with Gasteiger partial charge in [0.2, 0.25) is 0 Å². The number of carbonyl (C=O) groups excluding carboxylic acids is 2. The maximum Gasteiger partial charge on any atom is 0.331 e. The molecule has 0 radical (unpaired) electrons. The van der Waals surface area contributed by atoms with Gasteiger partial charge in [-0.05, 0) is 49.8 Å². The summed E-state index contributed by atoms with van der Waals surface area (Å²) in [4.78, 5) is 23.9. The van der Waals surface area contributed by atoms with E-state index in [0.717, 1.165) is 5.56 Å². The van der Waals surface area contributed by atoms with Crippen LogP contribution in [-0.2, 0) is 14.3 Å². The van der Waals surface area contributed by atoms with Gasteiger partial charge in [-0.15, -0.1) is 0 Å². The van der Waals surface area contributed by atoms with Crippen LogP contribution >= 0.6 is 0 Å². The number of rotatable bonds is 10. The van der Waals surface area contributed by atoms with Crippen molar-refractivity contribution in [2.75, 3.05) is 32.2 Å². The number of carbonyl (C=O) groups is 2. The lowest BCUT2D eigenvalue weighted by Crippen LogP contribution is -2.20. The zero-order valence-electron chi connectivity index (χ0n) is 16.8. The van der Waals surface area contributed by atoms with Crippen molar-refractivity contribution in [1.29, 1.82) is 0 Å². The van der Waals surface area contributed by atoms with Crippen molar-refractivity contribution in [1.82, 2.24) is 0 Å². The fourth-order valence-electron chi connectivity index (χ4n) is 2.42. The second kappa shape index (κ2) is 11.4. The Kier molecular flexibility index (Phi) is 8.56. The molecule has 0 atom stereocenters. The van der Waals surface area contributed by atoms with Crippen LogP contribution in [0.4, 0.5) is 5.69 Å². The first-order valence-electron chi connectivity index (χ1n) is 9.24. The zero-order chi connectivity index (χ0) is 21.1. The molecular weight excluding hydrogens is 374 g/mol. The number of anilines is 1. The molecule has 0 spiro atoms. The fourth-order valence-corrected chi connectivity index (χ4v) is 2.42. The first-order valence-corrected chi connectivity index (χ1v) is 9.24. The largest absolute Gasteiger partial charge is 0.497 e. The van der Waals surface area contributed by atoms with Crippen LogP contribution in [0.1, 0.15) is 19.4 Å². The zero-order valence-corrected chi connectivity index (χ0v) is 16.8. The van der Waals surface area contributed by atoms with E-state index in [1.807, 2.05) is 26.0 Å².